The molecule has 0 spiro atoms. The number of nitrogens with one attached hydrogen (secondary N) is 2. The lowest BCUT2D eigenvalue weighted by atomic mass is 9.81. The van der Waals surface area contributed by atoms with Crippen molar-refractivity contribution in [1.82, 2.24) is 25.3 Å². The number of amides is 4. The molecule has 0 aromatic heterocycles. The number of Topliss-reactive ketones (excluding diaryl/α,β-unsaturated/α-hetero) is 2. The number of likely N-dealkylation sites (tertiary alicyclic amines) is 2. The summed E-state index contributed by atoms with van der Waals surface area (Å²) in [6.45, 7) is 12.9. The van der Waals surface area contributed by atoms with E-state index in [9.17, 15) is 28.8 Å². The van der Waals surface area contributed by atoms with Gasteiger partial charge in [0.2, 0.25) is 11.8 Å². The molecule has 2 bridgehead atoms. The second-order valence-corrected chi connectivity index (χ2v) is 18.9. The quantitative estimate of drug-likeness (QED) is 0.157. The van der Waals surface area contributed by atoms with Crippen molar-refractivity contribution in [3.05, 3.63) is 82.9 Å². The number of hydrogen-bond acceptors (Lipinski definition) is 9. The van der Waals surface area contributed by atoms with Crippen LogP contribution in [0.1, 0.15) is 114 Å². The number of nitrogens with zero attached hydrogens (tertiary/aromatic N) is 3. The summed E-state index contributed by atoms with van der Waals surface area (Å²) in [4.78, 5) is 84.6. The molecule has 13 heteroatoms. The fourth-order valence-corrected chi connectivity index (χ4v) is 10.7. The minimum Gasteiger partial charge on any atom is -0.453 e. The van der Waals surface area contributed by atoms with Crippen LogP contribution in [0.5, 0.6) is 0 Å². The van der Waals surface area contributed by atoms with Crippen molar-refractivity contribution in [2.75, 3.05) is 27.3 Å². The van der Waals surface area contributed by atoms with E-state index >= 15 is 0 Å². The molecule has 64 heavy (non-hydrogen) atoms. The van der Waals surface area contributed by atoms with Crippen molar-refractivity contribution in [3.8, 4) is 22.3 Å². The molecule has 2 unspecified atom stereocenters. The summed E-state index contributed by atoms with van der Waals surface area (Å²) >= 11 is 0. The van der Waals surface area contributed by atoms with Gasteiger partial charge in [-0.3, -0.25) is 24.1 Å². The highest BCUT2D eigenvalue weighted by molar-refractivity contribution is 5.95. The summed E-state index contributed by atoms with van der Waals surface area (Å²) in [6, 6.07) is 19.3. The topological polar surface area (TPSA) is 155 Å². The van der Waals surface area contributed by atoms with Crippen LogP contribution in [-0.2, 0) is 41.5 Å². The normalized spacial score (nSPS) is 21.3. The molecule has 0 saturated carbocycles. The van der Waals surface area contributed by atoms with Crippen molar-refractivity contribution < 1.29 is 38.2 Å². The Balaban J connectivity index is 1.08. The average Bonchev–Trinajstić information content (AvgIpc) is 4.11. The molecule has 2 N–H and O–H groups in total. The van der Waals surface area contributed by atoms with Crippen molar-refractivity contribution in [2.24, 2.45) is 11.8 Å². The molecule has 6 atom stereocenters. The second-order valence-electron chi connectivity index (χ2n) is 18.9. The van der Waals surface area contributed by atoms with E-state index < -0.39 is 36.4 Å². The van der Waals surface area contributed by atoms with Gasteiger partial charge in [-0.2, -0.15) is 0 Å². The molecule has 3 fully saturated rings. The van der Waals surface area contributed by atoms with Gasteiger partial charge >= 0.3 is 12.2 Å². The molecular weight excluding hydrogens is 811 g/mol. The third kappa shape index (κ3) is 9.32. The zero-order valence-electron chi connectivity index (χ0n) is 38.6. The second kappa shape index (κ2) is 19.7. The zero-order valence-corrected chi connectivity index (χ0v) is 38.6. The van der Waals surface area contributed by atoms with E-state index in [2.05, 4.69) is 65.8 Å². The molecule has 4 heterocycles. The van der Waals surface area contributed by atoms with E-state index in [4.69, 9.17) is 9.47 Å². The van der Waals surface area contributed by atoms with E-state index in [1.165, 1.54) is 36.5 Å². The van der Waals surface area contributed by atoms with Gasteiger partial charge in [0.15, 0.2) is 11.6 Å². The monoisotopic (exact) mass is 875 g/mol. The van der Waals surface area contributed by atoms with Gasteiger partial charge in [0.05, 0.1) is 26.3 Å². The maximum absolute atomic E-state index is 13.8. The van der Waals surface area contributed by atoms with Gasteiger partial charge in [0, 0.05) is 44.1 Å². The first-order valence-corrected chi connectivity index (χ1v) is 23.1. The molecule has 4 aliphatic rings. The predicted octanol–water partition coefficient (Wildman–Crippen LogP) is 7.59. The first-order chi connectivity index (χ1) is 30.6. The molecule has 4 amide bonds. The van der Waals surface area contributed by atoms with Crippen LogP contribution in [0.2, 0.25) is 0 Å². The number of fused-ring (bicyclic) bond motifs is 5. The lowest BCUT2D eigenvalue weighted by molar-refractivity contribution is -0.140. The average molecular weight is 876 g/mol. The largest absolute Gasteiger partial charge is 0.453 e. The maximum atomic E-state index is 13.8. The molecule has 0 radical (unpaired) electrons. The summed E-state index contributed by atoms with van der Waals surface area (Å²) in [6.07, 6.45) is 3.89. The maximum Gasteiger partial charge on any atom is 0.407 e. The lowest BCUT2D eigenvalue weighted by Gasteiger charge is -2.30. The van der Waals surface area contributed by atoms with Gasteiger partial charge in [0.25, 0.3) is 0 Å². The SMILES string of the molecule is COC(=O)N[C@H](C(=O)N1CCC[C@H]1C(=O)Cc1ccc(-c2ccc(-c3ccc(CC(=O)[C@@H]4CCCN4C(=O)[C@@H](NC(=O)OC)C(C)C)cc3)c3c2C2CCC3N2C(C)C)cc1)C(C)C. The van der Waals surface area contributed by atoms with Crippen molar-refractivity contribution in [1.29, 1.82) is 0 Å². The van der Waals surface area contributed by atoms with Gasteiger partial charge in [-0.1, -0.05) is 88.4 Å². The van der Waals surface area contributed by atoms with Crippen LogP contribution in [-0.4, -0.2) is 108 Å². The highest BCUT2D eigenvalue weighted by Gasteiger charge is 2.48. The fourth-order valence-electron chi connectivity index (χ4n) is 10.7. The fraction of sp³-hybridized carbons (Fsp3) is 0.529. The third-order valence-electron chi connectivity index (χ3n) is 13.9. The van der Waals surface area contributed by atoms with Gasteiger partial charge in [-0.05, 0) is 109 Å². The number of benzene rings is 3. The van der Waals surface area contributed by atoms with E-state index in [-0.39, 0.29) is 60.1 Å². The Bertz CT molecular complexity index is 2090. The van der Waals surface area contributed by atoms with Gasteiger partial charge in [0.1, 0.15) is 12.1 Å². The van der Waals surface area contributed by atoms with Gasteiger partial charge < -0.3 is 29.9 Å². The summed E-state index contributed by atoms with van der Waals surface area (Å²) in [5, 5.41) is 5.31. The smallest absolute Gasteiger partial charge is 0.407 e. The van der Waals surface area contributed by atoms with Crippen molar-refractivity contribution in [2.45, 2.75) is 135 Å². The highest BCUT2D eigenvalue weighted by Crippen LogP contribution is 2.59. The number of carbonyl (C=O) groups excluding carboxylic acids is 6. The molecule has 342 valence electrons. The van der Waals surface area contributed by atoms with Crippen LogP contribution in [0.25, 0.3) is 22.3 Å². The highest BCUT2D eigenvalue weighted by atomic mass is 16.5. The summed E-state index contributed by atoms with van der Waals surface area (Å²) in [7, 11) is 2.53. The van der Waals surface area contributed by atoms with Crippen LogP contribution >= 0.6 is 0 Å². The van der Waals surface area contributed by atoms with Gasteiger partial charge in [-0.25, -0.2) is 9.59 Å². The Morgan fingerprint density at radius 3 is 1.27 bits per heavy atom. The molecule has 4 aliphatic heterocycles. The van der Waals surface area contributed by atoms with E-state index in [1.54, 1.807) is 9.80 Å². The third-order valence-corrected chi connectivity index (χ3v) is 13.9. The van der Waals surface area contributed by atoms with Crippen LogP contribution in [0.15, 0.2) is 60.7 Å². The Kier molecular flexibility index (Phi) is 14.3. The van der Waals surface area contributed by atoms with Crippen molar-refractivity contribution in [3.63, 3.8) is 0 Å². The zero-order chi connectivity index (χ0) is 46.0. The van der Waals surface area contributed by atoms with E-state index in [1.807, 2.05) is 52.0 Å². The number of hydrogen-bond donors (Lipinski definition) is 2. The van der Waals surface area contributed by atoms with Gasteiger partial charge in [-0.15, -0.1) is 0 Å². The lowest BCUT2D eigenvalue weighted by Crippen LogP contribution is -2.53. The number of alkyl carbamates (subject to hydrolysis) is 2. The summed E-state index contributed by atoms with van der Waals surface area (Å²) in [5.41, 5.74) is 9.07. The number of rotatable bonds is 15. The van der Waals surface area contributed by atoms with Crippen LogP contribution in [0.3, 0.4) is 0 Å². The summed E-state index contributed by atoms with van der Waals surface area (Å²) < 4.78 is 9.51. The number of ketones is 2. The molecule has 3 aromatic rings. The van der Waals surface area contributed by atoms with E-state index in [0.717, 1.165) is 47.9 Å². The molecule has 3 aromatic carbocycles. The summed E-state index contributed by atoms with van der Waals surface area (Å²) in [5.74, 6) is -0.873. The molecule has 0 aliphatic carbocycles. The predicted molar refractivity (Wildman–Crippen MR) is 244 cm³/mol. The molecule has 3 saturated heterocycles. The Morgan fingerprint density at radius 2 is 0.938 bits per heavy atom. The van der Waals surface area contributed by atoms with Crippen molar-refractivity contribution >= 4 is 35.6 Å². The number of carbonyl (C=O) groups is 6. The number of ether oxygens (including phenoxy) is 2. The molecular formula is C51H65N5O8. The molecule has 13 nitrogen and oxygen atoms in total. The first kappa shape index (κ1) is 46.4. The number of methoxy groups -OCH3 is 2. The van der Waals surface area contributed by atoms with Crippen LogP contribution in [0.4, 0.5) is 9.59 Å². The molecule has 7 rings (SSSR count). The first-order valence-electron chi connectivity index (χ1n) is 23.1. The standard InChI is InChI=1S/C51H65N5O8/c1-29(2)46(52-50(61)63-7)48(59)54-25-9-11-38(54)42(57)27-32-13-17-34(18-14-32)36-21-22-37(45-41-24-23-40(44(36)45)56(41)31(5)6)35-19-15-33(16-20-35)28-43(58)39-12-10-26-55(39)49(60)47(30(3)4)53-51(62)64-8/h13-22,29-31,38-41,46-47H,9-12,23-28H2,1-8H3,(H,52,61)(H,53,62)/t38-,39-,40?,41?,46-,47-/m0/s1. The Morgan fingerprint density at radius 1 is 0.562 bits per heavy atom. The minimum absolute atomic E-state index is 0.00918. The van der Waals surface area contributed by atoms with E-state index in [0.29, 0.717) is 32.0 Å². The van der Waals surface area contributed by atoms with Crippen LogP contribution in [0, 0.1) is 11.8 Å². The minimum atomic E-state index is -0.776. The van der Waals surface area contributed by atoms with Crippen LogP contribution < -0.4 is 10.6 Å². The Labute approximate surface area is 377 Å². The Hall–Kier alpha value is -5.56.